The summed E-state index contributed by atoms with van der Waals surface area (Å²) in [5.41, 5.74) is 2.02. The number of hydrogen-bond acceptors (Lipinski definition) is 5. The SMILES string of the molecule is CCC[C@@H](NC(C)=O)C(=O)N1CCc2c(nc(C)nc2N(C)C)C1. The molecule has 1 aliphatic heterocycles. The first kappa shape index (κ1) is 18.2. The lowest BCUT2D eigenvalue weighted by Gasteiger charge is -2.33. The minimum absolute atomic E-state index is 0.0274. The summed E-state index contributed by atoms with van der Waals surface area (Å²) in [4.78, 5) is 37.0. The third-order valence-electron chi connectivity index (χ3n) is 4.14. The second-order valence-electron chi connectivity index (χ2n) is 6.47. The molecule has 2 amide bonds. The lowest BCUT2D eigenvalue weighted by atomic mass is 10.0. The molecule has 0 unspecified atom stereocenters. The van der Waals surface area contributed by atoms with Gasteiger partial charge in [-0.3, -0.25) is 9.59 Å². The summed E-state index contributed by atoms with van der Waals surface area (Å²) in [5.74, 6) is 1.43. The maximum absolute atomic E-state index is 12.8. The Hall–Kier alpha value is -2.18. The summed E-state index contributed by atoms with van der Waals surface area (Å²) in [7, 11) is 3.93. The molecule has 0 radical (unpaired) electrons. The third kappa shape index (κ3) is 4.01. The number of hydrogen-bond donors (Lipinski definition) is 1. The molecule has 0 fully saturated rings. The van der Waals surface area contributed by atoms with Crippen molar-refractivity contribution in [1.82, 2.24) is 20.2 Å². The van der Waals surface area contributed by atoms with Gasteiger partial charge in [-0.1, -0.05) is 13.3 Å². The van der Waals surface area contributed by atoms with Gasteiger partial charge in [-0.15, -0.1) is 0 Å². The molecule has 7 nitrogen and oxygen atoms in total. The number of nitrogens with one attached hydrogen (secondary N) is 1. The molecule has 2 rings (SSSR count). The van der Waals surface area contributed by atoms with E-state index in [-0.39, 0.29) is 11.8 Å². The van der Waals surface area contributed by atoms with E-state index in [1.807, 2.05) is 32.8 Å². The van der Waals surface area contributed by atoms with Gasteiger partial charge in [-0.25, -0.2) is 9.97 Å². The lowest BCUT2D eigenvalue weighted by molar-refractivity contribution is -0.137. The molecule has 0 spiro atoms. The molecule has 7 heteroatoms. The largest absolute Gasteiger partial charge is 0.362 e. The first-order chi connectivity index (χ1) is 11.3. The minimum atomic E-state index is -0.453. The van der Waals surface area contributed by atoms with Gasteiger partial charge in [0.05, 0.1) is 12.2 Å². The Morgan fingerprint density at radius 3 is 2.62 bits per heavy atom. The number of fused-ring (bicyclic) bond motifs is 1. The van der Waals surface area contributed by atoms with Crippen LogP contribution in [0.15, 0.2) is 0 Å². The van der Waals surface area contributed by atoms with Crippen LogP contribution in [0.2, 0.25) is 0 Å². The maximum atomic E-state index is 12.8. The van der Waals surface area contributed by atoms with Crippen molar-refractivity contribution in [3.63, 3.8) is 0 Å². The monoisotopic (exact) mass is 333 g/mol. The number of carbonyl (C=O) groups excluding carboxylic acids is 2. The van der Waals surface area contributed by atoms with Crippen molar-refractivity contribution in [2.75, 3.05) is 25.5 Å². The van der Waals surface area contributed by atoms with Crippen LogP contribution in [0.25, 0.3) is 0 Å². The molecule has 0 saturated heterocycles. The average molecular weight is 333 g/mol. The molecule has 0 saturated carbocycles. The van der Waals surface area contributed by atoms with E-state index < -0.39 is 6.04 Å². The molecule has 0 bridgehead atoms. The van der Waals surface area contributed by atoms with Gasteiger partial charge in [0.25, 0.3) is 0 Å². The van der Waals surface area contributed by atoms with Crippen molar-refractivity contribution in [1.29, 1.82) is 0 Å². The number of amides is 2. The van der Waals surface area contributed by atoms with E-state index in [2.05, 4.69) is 15.3 Å². The second kappa shape index (κ2) is 7.59. The molecule has 1 aromatic heterocycles. The lowest BCUT2D eigenvalue weighted by Crippen LogP contribution is -2.49. The number of aromatic nitrogens is 2. The van der Waals surface area contributed by atoms with Crippen molar-refractivity contribution < 1.29 is 9.59 Å². The number of nitrogens with zero attached hydrogens (tertiary/aromatic N) is 4. The Morgan fingerprint density at radius 1 is 1.33 bits per heavy atom. The van der Waals surface area contributed by atoms with Gasteiger partial charge in [0, 0.05) is 33.1 Å². The second-order valence-corrected chi connectivity index (χ2v) is 6.47. The molecule has 132 valence electrons. The Balaban J connectivity index is 2.22. The first-order valence-corrected chi connectivity index (χ1v) is 8.43. The minimum Gasteiger partial charge on any atom is -0.362 e. The number of carbonyl (C=O) groups is 2. The summed E-state index contributed by atoms with van der Waals surface area (Å²) >= 11 is 0. The number of anilines is 1. The highest BCUT2D eigenvalue weighted by Gasteiger charge is 2.29. The zero-order chi connectivity index (χ0) is 17.9. The summed E-state index contributed by atoms with van der Waals surface area (Å²) in [6, 6.07) is -0.453. The van der Waals surface area contributed by atoms with Crippen LogP contribution in [-0.2, 0) is 22.6 Å². The fourth-order valence-electron chi connectivity index (χ4n) is 3.10. The predicted molar refractivity (Wildman–Crippen MR) is 92.7 cm³/mol. The van der Waals surface area contributed by atoms with Crippen molar-refractivity contribution in [3.05, 3.63) is 17.1 Å². The Morgan fingerprint density at radius 2 is 2.04 bits per heavy atom. The quantitative estimate of drug-likeness (QED) is 0.871. The Labute approximate surface area is 143 Å². The van der Waals surface area contributed by atoms with Gasteiger partial charge in [-0.2, -0.15) is 0 Å². The molecule has 0 aliphatic carbocycles. The Bertz CT molecular complexity index is 630. The van der Waals surface area contributed by atoms with Gasteiger partial charge >= 0.3 is 0 Å². The van der Waals surface area contributed by atoms with Crippen LogP contribution in [-0.4, -0.2) is 53.4 Å². The van der Waals surface area contributed by atoms with E-state index in [4.69, 9.17) is 0 Å². The van der Waals surface area contributed by atoms with Crippen molar-refractivity contribution in [2.45, 2.75) is 52.6 Å². The van der Waals surface area contributed by atoms with E-state index in [1.54, 1.807) is 4.90 Å². The molecule has 0 aromatic carbocycles. The molecular formula is C17H27N5O2. The highest BCUT2D eigenvalue weighted by Crippen LogP contribution is 2.25. The van der Waals surface area contributed by atoms with Crippen molar-refractivity contribution in [2.24, 2.45) is 0 Å². The topological polar surface area (TPSA) is 78.4 Å². The van der Waals surface area contributed by atoms with E-state index in [9.17, 15) is 9.59 Å². The predicted octanol–water partition coefficient (Wildman–Crippen LogP) is 1.04. The van der Waals surface area contributed by atoms with E-state index in [1.165, 1.54) is 6.92 Å². The fraction of sp³-hybridized carbons (Fsp3) is 0.647. The van der Waals surface area contributed by atoms with Crippen LogP contribution in [0.1, 0.15) is 43.8 Å². The zero-order valence-corrected chi connectivity index (χ0v) is 15.2. The number of aryl methyl sites for hydroxylation is 1. The third-order valence-corrected chi connectivity index (χ3v) is 4.14. The summed E-state index contributed by atoms with van der Waals surface area (Å²) in [5, 5.41) is 2.77. The molecule has 24 heavy (non-hydrogen) atoms. The van der Waals surface area contributed by atoms with Gasteiger partial charge in [-0.05, 0) is 19.8 Å². The van der Waals surface area contributed by atoms with Gasteiger partial charge in [0.1, 0.15) is 17.7 Å². The van der Waals surface area contributed by atoms with Gasteiger partial charge in [0.2, 0.25) is 11.8 Å². The molecule has 1 aliphatic rings. The first-order valence-electron chi connectivity index (χ1n) is 8.43. The average Bonchev–Trinajstić information content (AvgIpc) is 2.51. The van der Waals surface area contributed by atoms with Crippen LogP contribution in [0.5, 0.6) is 0 Å². The summed E-state index contributed by atoms with van der Waals surface area (Å²) < 4.78 is 0. The molecule has 2 heterocycles. The van der Waals surface area contributed by atoms with E-state index in [0.29, 0.717) is 25.3 Å². The standard InChI is InChI=1S/C17H27N5O2/c1-6-7-14(20-12(3)23)17(24)22-9-8-13-15(10-22)18-11(2)19-16(13)21(4)5/h14H,6-10H2,1-5H3,(H,20,23)/t14-/m1/s1. The Kier molecular flexibility index (Phi) is 5.75. The zero-order valence-electron chi connectivity index (χ0n) is 15.2. The molecule has 1 N–H and O–H groups in total. The van der Waals surface area contributed by atoms with Crippen LogP contribution in [0, 0.1) is 6.92 Å². The highest BCUT2D eigenvalue weighted by molar-refractivity contribution is 5.87. The van der Waals surface area contributed by atoms with Crippen LogP contribution in [0.4, 0.5) is 5.82 Å². The molecular weight excluding hydrogens is 306 g/mol. The number of rotatable bonds is 5. The summed E-state index contributed by atoms with van der Waals surface area (Å²) in [6.45, 7) is 6.41. The maximum Gasteiger partial charge on any atom is 0.245 e. The van der Waals surface area contributed by atoms with Crippen LogP contribution >= 0.6 is 0 Å². The van der Waals surface area contributed by atoms with Crippen molar-refractivity contribution >= 4 is 17.6 Å². The fourth-order valence-corrected chi connectivity index (χ4v) is 3.10. The smallest absolute Gasteiger partial charge is 0.245 e. The van der Waals surface area contributed by atoms with E-state index >= 15 is 0 Å². The van der Waals surface area contributed by atoms with Crippen LogP contribution in [0.3, 0.4) is 0 Å². The molecule has 1 aromatic rings. The van der Waals surface area contributed by atoms with Crippen molar-refractivity contribution in [3.8, 4) is 0 Å². The van der Waals surface area contributed by atoms with Gasteiger partial charge < -0.3 is 15.1 Å². The summed E-state index contributed by atoms with van der Waals surface area (Å²) in [6.07, 6.45) is 2.22. The van der Waals surface area contributed by atoms with Gasteiger partial charge in [0.15, 0.2) is 0 Å². The highest BCUT2D eigenvalue weighted by atomic mass is 16.2. The molecule has 1 atom stereocenters. The normalized spacial score (nSPS) is 14.8. The van der Waals surface area contributed by atoms with E-state index in [0.717, 1.165) is 29.9 Å². The van der Waals surface area contributed by atoms with Crippen LogP contribution < -0.4 is 10.2 Å².